The molecule has 0 aliphatic heterocycles. The number of aliphatic hydroxyl groups is 1. The Morgan fingerprint density at radius 3 is 2.71 bits per heavy atom. The minimum absolute atomic E-state index is 0.0376. The quantitative estimate of drug-likeness (QED) is 0.610. The zero-order valence-corrected chi connectivity index (χ0v) is 11.6. The highest BCUT2D eigenvalue weighted by atomic mass is 127. The summed E-state index contributed by atoms with van der Waals surface area (Å²) in [5, 5.41) is 11.2. The molecule has 0 fully saturated rings. The number of benzene rings is 1. The summed E-state index contributed by atoms with van der Waals surface area (Å²) in [6.07, 6.45) is 0.834. The molecule has 0 aromatic heterocycles. The van der Waals surface area contributed by atoms with Crippen LogP contribution in [0.25, 0.3) is 0 Å². The van der Waals surface area contributed by atoms with Crippen molar-refractivity contribution in [2.24, 2.45) is 0 Å². The highest BCUT2D eigenvalue weighted by Gasteiger charge is 2.00. The third kappa shape index (κ3) is 6.48. The lowest BCUT2D eigenvalue weighted by Crippen LogP contribution is -2.26. The van der Waals surface area contributed by atoms with Crippen molar-refractivity contribution >= 4 is 28.7 Å². The zero-order valence-electron chi connectivity index (χ0n) is 9.49. The topological polar surface area (TPSA) is 58.6 Å². The van der Waals surface area contributed by atoms with Crippen LogP contribution in [0.5, 0.6) is 0 Å². The van der Waals surface area contributed by atoms with Gasteiger partial charge in [0.05, 0.1) is 6.61 Å². The molecule has 94 valence electrons. The Bertz CT molecular complexity index is 340. The first-order valence-electron chi connectivity index (χ1n) is 5.48. The fourth-order valence-corrected chi connectivity index (χ4v) is 1.60. The van der Waals surface area contributed by atoms with Gasteiger partial charge in [0.25, 0.3) is 0 Å². The van der Waals surface area contributed by atoms with E-state index in [0.29, 0.717) is 13.0 Å². The van der Waals surface area contributed by atoms with E-state index in [1.165, 1.54) is 9.13 Å². The van der Waals surface area contributed by atoms with Gasteiger partial charge < -0.3 is 15.2 Å². The third-order valence-corrected chi connectivity index (χ3v) is 2.85. The van der Waals surface area contributed by atoms with Gasteiger partial charge in [0, 0.05) is 23.1 Å². The van der Waals surface area contributed by atoms with E-state index in [9.17, 15) is 4.79 Å². The fourth-order valence-electron chi connectivity index (χ4n) is 1.24. The van der Waals surface area contributed by atoms with E-state index in [0.717, 1.165) is 6.42 Å². The van der Waals surface area contributed by atoms with Crippen molar-refractivity contribution in [2.45, 2.75) is 12.8 Å². The molecule has 1 amide bonds. The van der Waals surface area contributed by atoms with Gasteiger partial charge in [0.15, 0.2) is 0 Å². The number of hydrogen-bond donors (Lipinski definition) is 2. The molecule has 0 bridgehead atoms. The number of halogens is 1. The second-order valence-corrected chi connectivity index (χ2v) is 4.76. The Labute approximate surface area is 115 Å². The molecule has 0 spiro atoms. The Morgan fingerprint density at radius 1 is 1.35 bits per heavy atom. The molecule has 0 aliphatic carbocycles. The van der Waals surface area contributed by atoms with Crippen LogP contribution in [0.1, 0.15) is 12.0 Å². The smallest absolute Gasteiger partial charge is 0.407 e. The van der Waals surface area contributed by atoms with Gasteiger partial charge in [-0.3, -0.25) is 0 Å². The van der Waals surface area contributed by atoms with Crippen LogP contribution in [0, 0.1) is 3.57 Å². The van der Waals surface area contributed by atoms with Crippen molar-refractivity contribution in [1.29, 1.82) is 0 Å². The van der Waals surface area contributed by atoms with Crippen molar-refractivity contribution in [3.05, 3.63) is 33.4 Å². The van der Waals surface area contributed by atoms with Gasteiger partial charge >= 0.3 is 6.09 Å². The SMILES string of the molecule is O=C(NCCc1ccc(I)cc1)OCCCO. The number of hydrogen-bond acceptors (Lipinski definition) is 3. The number of rotatable bonds is 6. The van der Waals surface area contributed by atoms with E-state index in [-0.39, 0.29) is 13.2 Å². The first kappa shape index (κ1) is 14.2. The maximum absolute atomic E-state index is 11.1. The molecule has 0 radical (unpaired) electrons. The molecule has 0 heterocycles. The van der Waals surface area contributed by atoms with Crippen LogP contribution in [0.2, 0.25) is 0 Å². The molecule has 0 atom stereocenters. The monoisotopic (exact) mass is 349 g/mol. The van der Waals surface area contributed by atoms with Crippen molar-refractivity contribution in [3.63, 3.8) is 0 Å². The number of carbonyl (C=O) groups is 1. The lowest BCUT2D eigenvalue weighted by Gasteiger charge is -2.06. The predicted octanol–water partition coefficient (Wildman–Crippen LogP) is 1.94. The number of carbonyl (C=O) groups excluding carboxylic acids is 1. The van der Waals surface area contributed by atoms with Gasteiger partial charge in [-0.1, -0.05) is 12.1 Å². The van der Waals surface area contributed by atoms with Gasteiger partial charge in [-0.05, 0) is 46.7 Å². The van der Waals surface area contributed by atoms with E-state index in [1.807, 2.05) is 24.3 Å². The summed E-state index contributed by atoms with van der Waals surface area (Å²) in [5.74, 6) is 0. The van der Waals surface area contributed by atoms with E-state index in [4.69, 9.17) is 9.84 Å². The Morgan fingerprint density at radius 2 is 2.06 bits per heavy atom. The molecule has 1 aromatic rings. The molecule has 0 saturated heterocycles. The number of alkyl carbamates (subject to hydrolysis) is 1. The van der Waals surface area contributed by atoms with Gasteiger partial charge in [0.2, 0.25) is 0 Å². The summed E-state index contributed by atoms with van der Waals surface area (Å²) in [5.41, 5.74) is 1.18. The number of amides is 1. The van der Waals surface area contributed by atoms with Crippen LogP contribution < -0.4 is 5.32 Å². The molecule has 1 rings (SSSR count). The molecule has 17 heavy (non-hydrogen) atoms. The average molecular weight is 349 g/mol. The summed E-state index contributed by atoms with van der Waals surface area (Å²) in [7, 11) is 0. The second-order valence-electron chi connectivity index (χ2n) is 3.52. The fraction of sp³-hybridized carbons (Fsp3) is 0.417. The Hall–Kier alpha value is -0.820. The van der Waals surface area contributed by atoms with Crippen LogP contribution in [-0.2, 0) is 11.2 Å². The van der Waals surface area contributed by atoms with E-state index in [1.54, 1.807) is 0 Å². The predicted molar refractivity (Wildman–Crippen MR) is 73.9 cm³/mol. The molecular weight excluding hydrogens is 333 g/mol. The maximum atomic E-state index is 11.1. The average Bonchev–Trinajstić information content (AvgIpc) is 2.32. The molecule has 0 aliphatic rings. The van der Waals surface area contributed by atoms with Crippen molar-refractivity contribution < 1.29 is 14.6 Å². The zero-order chi connectivity index (χ0) is 12.5. The van der Waals surface area contributed by atoms with Gasteiger partial charge in [-0.2, -0.15) is 0 Å². The number of nitrogens with one attached hydrogen (secondary N) is 1. The summed E-state index contributed by atoms with van der Waals surface area (Å²) < 4.78 is 6.03. The van der Waals surface area contributed by atoms with E-state index in [2.05, 4.69) is 27.9 Å². The number of aliphatic hydroxyl groups excluding tert-OH is 1. The van der Waals surface area contributed by atoms with Gasteiger partial charge in [-0.25, -0.2) is 4.79 Å². The first-order valence-corrected chi connectivity index (χ1v) is 6.56. The molecular formula is C12H16INO3. The molecule has 0 saturated carbocycles. The molecule has 5 heteroatoms. The van der Waals surface area contributed by atoms with E-state index >= 15 is 0 Å². The second kappa shape index (κ2) is 8.30. The van der Waals surface area contributed by atoms with Crippen LogP contribution >= 0.6 is 22.6 Å². The summed E-state index contributed by atoms with van der Waals surface area (Å²) in [6.45, 7) is 0.848. The first-order chi connectivity index (χ1) is 8.22. The summed E-state index contributed by atoms with van der Waals surface area (Å²) in [6, 6.07) is 8.16. The van der Waals surface area contributed by atoms with Crippen LogP contribution in [0.4, 0.5) is 4.79 Å². The highest BCUT2D eigenvalue weighted by molar-refractivity contribution is 14.1. The minimum atomic E-state index is -0.427. The van der Waals surface area contributed by atoms with Crippen LogP contribution in [-0.4, -0.2) is 31.0 Å². The maximum Gasteiger partial charge on any atom is 0.407 e. The van der Waals surface area contributed by atoms with Crippen molar-refractivity contribution in [1.82, 2.24) is 5.32 Å². The normalized spacial score (nSPS) is 10.0. The summed E-state index contributed by atoms with van der Waals surface area (Å²) >= 11 is 2.25. The standard InChI is InChI=1S/C12H16INO3/c13-11-4-2-10(3-5-11)6-7-14-12(16)17-9-1-8-15/h2-5,15H,1,6-9H2,(H,14,16). The molecule has 4 nitrogen and oxygen atoms in total. The van der Waals surface area contributed by atoms with E-state index < -0.39 is 6.09 Å². The van der Waals surface area contributed by atoms with Crippen molar-refractivity contribution in [2.75, 3.05) is 19.8 Å². The highest BCUT2D eigenvalue weighted by Crippen LogP contribution is 2.06. The lowest BCUT2D eigenvalue weighted by atomic mass is 10.1. The van der Waals surface area contributed by atoms with Crippen LogP contribution in [0.15, 0.2) is 24.3 Å². The Kier molecular flexibility index (Phi) is 6.95. The van der Waals surface area contributed by atoms with Gasteiger partial charge in [-0.15, -0.1) is 0 Å². The Balaban J connectivity index is 2.14. The third-order valence-electron chi connectivity index (χ3n) is 2.13. The van der Waals surface area contributed by atoms with Crippen molar-refractivity contribution in [3.8, 4) is 0 Å². The lowest BCUT2D eigenvalue weighted by molar-refractivity contribution is 0.135. The largest absolute Gasteiger partial charge is 0.449 e. The van der Waals surface area contributed by atoms with Gasteiger partial charge in [0.1, 0.15) is 0 Å². The number of ether oxygens (including phenoxy) is 1. The minimum Gasteiger partial charge on any atom is -0.449 e. The molecule has 1 aromatic carbocycles. The summed E-state index contributed by atoms with van der Waals surface area (Å²) in [4.78, 5) is 11.1. The molecule has 2 N–H and O–H groups in total. The van der Waals surface area contributed by atoms with Crippen LogP contribution in [0.3, 0.4) is 0 Å². The molecule has 0 unspecified atom stereocenters.